The highest BCUT2D eigenvalue weighted by Gasteiger charge is 2.05. The van der Waals surface area contributed by atoms with Crippen LogP contribution in [0.2, 0.25) is 0 Å². The Bertz CT molecular complexity index is 385. The molecule has 0 aromatic heterocycles. The maximum Gasteiger partial charge on any atom is 0.328 e. The number of hydrogen-bond donors (Lipinski definition) is 2. The Labute approximate surface area is 95.8 Å². The van der Waals surface area contributed by atoms with E-state index in [1.807, 2.05) is 12.1 Å². The van der Waals surface area contributed by atoms with E-state index in [1.165, 1.54) is 11.1 Å². The lowest BCUT2D eigenvalue weighted by Crippen LogP contribution is -2.19. The SMILES string of the molecule is Cc1ccccc1[C@H](C)NC/C=C/C(=O)O. The normalized spacial score (nSPS) is 12.9. The fourth-order valence-electron chi connectivity index (χ4n) is 1.59. The first kappa shape index (κ1) is 12.5. The van der Waals surface area contributed by atoms with Crippen LogP contribution in [0.4, 0.5) is 0 Å². The Morgan fingerprint density at radius 1 is 1.50 bits per heavy atom. The van der Waals surface area contributed by atoms with Gasteiger partial charge in [-0.2, -0.15) is 0 Å². The van der Waals surface area contributed by atoms with E-state index in [0.29, 0.717) is 6.54 Å². The zero-order valence-corrected chi connectivity index (χ0v) is 9.60. The Morgan fingerprint density at radius 3 is 2.81 bits per heavy atom. The number of hydrogen-bond acceptors (Lipinski definition) is 2. The maximum absolute atomic E-state index is 10.3. The topological polar surface area (TPSA) is 49.3 Å². The van der Waals surface area contributed by atoms with Crippen molar-refractivity contribution in [3.05, 3.63) is 47.5 Å². The average Bonchev–Trinajstić information content (AvgIpc) is 2.24. The van der Waals surface area contributed by atoms with Gasteiger partial charge in [0.2, 0.25) is 0 Å². The van der Waals surface area contributed by atoms with E-state index in [4.69, 9.17) is 5.11 Å². The fraction of sp³-hybridized carbons (Fsp3) is 0.308. The first-order valence-electron chi connectivity index (χ1n) is 5.29. The summed E-state index contributed by atoms with van der Waals surface area (Å²) in [7, 11) is 0. The summed E-state index contributed by atoms with van der Waals surface area (Å²) in [5, 5.41) is 11.7. The first-order valence-corrected chi connectivity index (χ1v) is 5.29. The van der Waals surface area contributed by atoms with Gasteiger partial charge in [0.1, 0.15) is 0 Å². The minimum Gasteiger partial charge on any atom is -0.478 e. The van der Waals surface area contributed by atoms with Gasteiger partial charge in [0.05, 0.1) is 0 Å². The molecule has 0 spiro atoms. The zero-order valence-electron chi connectivity index (χ0n) is 9.60. The second-order valence-electron chi connectivity index (χ2n) is 3.73. The third-order valence-corrected chi connectivity index (χ3v) is 2.46. The number of carboxylic acids is 1. The highest BCUT2D eigenvalue weighted by Crippen LogP contribution is 2.15. The summed E-state index contributed by atoms with van der Waals surface area (Å²) in [6.45, 7) is 4.69. The molecular formula is C13H17NO2. The van der Waals surface area contributed by atoms with Crippen LogP contribution in [0.25, 0.3) is 0 Å². The van der Waals surface area contributed by atoms with E-state index in [9.17, 15) is 4.79 Å². The minimum absolute atomic E-state index is 0.222. The van der Waals surface area contributed by atoms with Crippen molar-refractivity contribution >= 4 is 5.97 Å². The van der Waals surface area contributed by atoms with Gasteiger partial charge in [0.25, 0.3) is 0 Å². The Kier molecular flexibility index (Phi) is 4.73. The lowest BCUT2D eigenvalue weighted by Gasteiger charge is -2.15. The molecule has 0 radical (unpaired) electrons. The molecular weight excluding hydrogens is 202 g/mol. The van der Waals surface area contributed by atoms with E-state index in [1.54, 1.807) is 6.08 Å². The summed E-state index contributed by atoms with van der Waals surface area (Å²) in [4.78, 5) is 10.3. The van der Waals surface area contributed by atoms with Gasteiger partial charge in [-0.25, -0.2) is 4.79 Å². The number of carbonyl (C=O) groups is 1. The van der Waals surface area contributed by atoms with Crippen molar-refractivity contribution in [3.63, 3.8) is 0 Å². The molecule has 16 heavy (non-hydrogen) atoms. The molecule has 1 rings (SSSR count). The van der Waals surface area contributed by atoms with Gasteiger partial charge in [0.15, 0.2) is 0 Å². The summed E-state index contributed by atoms with van der Waals surface area (Å²) < 4.78 is 0. The van der Waals surface area contributed by atoms with Crippen LogP contribution in [0, 0.1) is 6.92 Å². The van der Waals surface area contributed by atoms with Crippen LogP contribution in [0.1, 0.15) is 24.1 Å². The van der Waals surface area contributed by atoms with Crippen molar-refractivity contribution in [1.29, 1.82) is 0 Å². The van der Waals surface area contributed by atoms with Crippen molar-refractivity contribution in [2.24, 2.45) is 0 Å². The lowest BCUT2D eigenvalue weighted by atomic mass is 10.0. The third kappa shape index (κ3) is 3.87. The highest BCUT2D eigenvalue weighted by molar-refractivity contribution is 5.79. The molecule has 2 N–H and O–H groups in total. The molecule has 1 atom stereocenters. The second-order valence-corrected chi connectivity index (χ2v) is 3.73. The van der Waals surface area contributed by atoms with Crippen LogP contribution < -0.4 is 5.32 Å². The highest BCUT2D eigenvalue weighted by atomic mass is 16.4. The van der Waals surface area contributed by atoms with Crippen molar-refractivity contribution in [3.8, 4) is 0 Å². The van der Waals surface area contributed by atoms with Gasteiger partial charge in [-0.1, -0.05) is 30.3 Å². The van der Waals surface area contributed by atoms with Gasteiger partial charge < -0.3 is 10.4 Å². The monoisotopic (exact) mass is 219 g/mol. The van der Waals surface area contributed by atoms with Crippen LogP contribution in [0.15, 0.2) is 36.4 Å². The lowest BCUT2D eigenvalue weighted by molar-refractivity contribution is -0.131. The summed E-state index contributed by atoms with van der Waals surface area (Å²) >= 11 is 0. The maximum atomic E-state index is 10.3. The molecule has 86 valence electrons. The van der Waals surface area contributed by atoms with E-state index < -0.39 is 5.97 Å². The third-order valence-electron chi connectivity index (χ3n) is 2.46. The zero-order chi connectivity index (χ0) is 12.0. The van der Waals surface area contributed by atoms with Gasteiger partial charge in [0, 0.05) is 18.7 Å². The number of carboxylic acid groups (broad SMARTS) is 1. The molecule has 3 heteroatoms. The Morgan fingerprint density at radius 2 is 2.19 bits per heavy atom. The van der Waals surface area contributed by atoms with E-state index >= 15 is 0 Å². The smallest absolute Gasteiger partial charge is 0.328 e. The molecule has 0 fully saturated rings. The number of rotatable bonds is 5. The Balaban J connectivity index is 2.50. The van der Waals surface area contributed by atoms with Crippen LogP contribution in [-0.4, -0.2) is 17.6 Å². The summed E-state index contributed by atoms with van der Waals surface area (Å²) in [6.07, 6.45) is 2.76. The van der Waals surface area contributed by atoms with Gasteiger partial charge in [-0.05, 0) is 25.0 Å². The molecule has 3 nitrogen and oxygen atoms in total. The standard InChI is InChI=1S/C13H17NO2/c1-10-6-3-4-7-12(10)11(2)14-9-5-8-13(15)16/h3-8,11,14H,9H2,1-2H3,(H,15,16)/b8-5+/t11-/m0/s1. The van der Waals surface area contributed by atoms with Gasteiger partial charge in [-0.3, -0.25) is 0 Å². The molecule has 0 heterocycles. The largest absolute Gasteiger partial charge is 0.478 e. The molecule has 0 saturated heterocycles. The van der Waals surface area contributed by atoms with Gasteiger partial charge >= 0.3 is 5.97 Å². The molecule has 0 unspecified atom stereocenters. The quantitative estimate of drug-likeness (QED) is 0.747. The van der Waals surface area contributed by atoms with Crippen molar-refractivity contribution in [2.75, 3.05) is 6.54 Å². The second kappa shape index (κ2) is 6.08. The van der Waals surface area contributed by atoms with Gasteiger partial charge in [-0.15, -0.1) is 0 Å². The predicted molar refractivity (Wildman–Crippen MR) is 64.4 cm³/mol. The van der Waals surface area contributed by atoms with E-state index in [2.05, 4.69) is 31.3 Å². The molecule has 1 aromatic carbocycles. The van der Waals surface area contributed by atoms with Crippen LogP contribution in [0.3, 0.4) is 0 Å². The summed E-state index contributed by atoms with van der Waals surface area (Å²) in [6, 6.07) is 8.39. The Hall–Kier alpha value is -1.61. The van der Waals surface area contributed by atoms with Crippen molar-refractivity contribution in [1.82, 2.24) is 5.32 Å². The summed E-state index contributed by atoms with van der Waals surface area (Å²) in [5.74, 6) is -0.912. The predicted octanol–water partition coefficient (Wildman–Crippen LogP) is 2.29. The number of nitrogens with one attached hydrogen (secondary N) is 1. The van der Waals surface area contributed by atoms with Crippen molar-refractivity contribution in [2.45, 2.75) is 19.9 Å². The van der Waals surface area contributed by atoms with E-state index in [0.717, 1.165) is 6.08 Å². The number of benzene rings is 1. The summed E-state index contributed by atoms with van der Waals surface area (Å²) in [5.41, 5.74) is 2.48. The fourth-order valence-corrected chi connectivity index (χ4v) is 1.59. The average molecular weight is 219 g/mol. The molecule has 1 aromatic rings. The first-order chi connectivity index (χ1) is 7.61. The molecule has 0 amide bonds. The van der Waals surface area contributed by atoms with Crippen molar-refractivity contribution < 1.29 is 9.90 Å². The number of aliphatic carboxylic acids is 1. The number of aryl methyl sites for hydroxylation is 1. The van der Waals surface area contributed by atoms with E-state index in [-0.39, 0.29) is 6.04 Å². The molecule has 0 aliphatic rings. The molecule has 0 aliphatic heterocycles. The molecule has 0 saturated carbocycles. The molecule has 0 bridgehead atoms. The van der Waals surface area contributed by atoms with Crippen LogP contribution in [0.5, 0.6) is 0 Å². The minimum atomic E-state index is -0.912. The molecule has 0 aliphatic carbocycles. The van der Waals surface area contributed by atoms with Crippen LogP contribution >= 0.6 is 0 Å². The van der Waals surface area contributed by atoms with Crippen LogP contribution in [-0.2, 0) is 4.79 Å².